The third-order valence-corrected chi connectivity index (χ3v) is 5.42. The molecule has 0 unspecified atom stereocenters. The predicted molar refractivity (Wildman–Crippen MR) is 102 cm³/mol. The van der Waals surface area contributed by atoms with Gasteiger partial charge < -0.3 is 4.90 Å². The standard InChI is InChI=1S/C17H22BrN5O3/c1-4-22(11-8-6-5-7-9-11)12(24)10-23-14-13(19-16(23)18)15(25)21(3)17(26)20(14)2/h8H,4-7,9-10H2,1-3H3. The zero-order valence-corrected chi connectivity index (χ0v) is 16.7. The van der Waals surface area contributed by atoms with E-state index in [1.54, 1.807) is 16.5 Å². The minimum atomic E-state index is -0.475. The first kappa shape index (κ1) is 18.6. The lowest BCUT2D eigenvalue weighted by Gasteiger charge is -2.27. The molecule has 0 aliphatic heterocycles. The summed E-state index contributed by atoms with van der Waals surface area (Å²) in [7, 11) is 2.98. The number of nitrogens with zero attached hydrogens (tertiary/aromatic N) is 5. The van der Waals surface area contributed by atoms with Crippen molar-refractivity contribution in [1.82, 2.24) is 23.6 Å². The minimum Gasteiger partial charge on any atom is -0.315 e. The Morgan fingerprint density at radius 2 is 2.00 bits per heavy atom. The number of imidazole rings is 1. The van der Waals surface area contributed by atoms with E-state index in [1.165, 1.54) is 11.6 Å². The SMILES string of the molecule is CCN(C(=O)Cn1c(Br)nc2c(=O)n(C)c(=O)n(C)c21)C1=CCCCC1. The summed E-state index contributed by atoms with van der Waals surface area (Å²) in [6.45, 7) is 2.53. The van der Waals surface area contributed by atoms with Crippen LogP contribution >= 0.6 is 15.9 Å². The lowest BCUT2D eigenvalue weighted by Crippen LogP contribution is -2.38. The Hall–Kier alpha value is -2.16. The Balaban J connectivity index is 2.05. The van der Waals surface area contributed by atoms with Crippen molar-refractivity contribution in [1.29, 1.82) is 0 Å². The molecule has 1 amide bonds. The fourth-order valence-electron chi connectivity index (χ4n) is 3.43. The molecule has 9 heteroatoms. The van der Waals surface area contributed by atoms with E-state index in [0.29, 0.717) is 16.9 Å². The molecule has 0 spiro atoms. The monoisotopic (exact) mass is 423 g/mol. The van der Waals surface area contributed by atoms with Crippen LogP contribution < -0.4 is 11.2 Å². The highest BCUT2D eigenvalue weighted by atomic mass is 79.9. The summed E-state index contributed by atoms with van der Waals surface area (Å²) in [6, 6.07) is 0. The van der Waals surface area contributed by atoms with Crippen molar-refractivity contribution in [3.8, 4) is 0 Å². The molecule has 2 aromatic rings. The topological polar surface area (TPSA) is 82.1 Å². The molecule has 0 fully saturated rings. The van der Waals surface area contributed by atoms with Gasteiger partial charge in [-0.2, -0.15) is 0 Å². The molecule has 0 saturated heterocycles. The van der Waals surface area contributed by atoms with Crippen LogP contribution in [-0.4, -0.2) is 36.0 Å². The van der Waals surface area contributed by atoms with E-state index in [0.717, 1.165) is 35.9 Å². The fraction of sp³-hybridized carbons (Fsp3) is 0.529. The van der Waals surface area contributed by atoms with Crippen molar-refractivity contribution in [3.05, 3.63) is 37.3 Å². The number of hydrogen-bond donors (Lipinski definition) is 0. The Labute approximate surface area is 158 Å². The van der Waals surface area contributed by atoms with E-state index in [2.05, 4.69) is 27.0 Å². The number of aryl methyl sites for hydroxylation is 1. The molecule has 0 aromatic carbocycles. The van der Waals surface area contributed by atoms with E-state index < -0.39 is 11.2 Å². The molecule has 2 heterocycles. The second-order valence-electron chi connectivity index (χ2n) is 6.42. The number of halogens is 1. The number of likely N-dealkylation sites (N-methyl/N-ethyl adjacent to an activating group) is 1. The second kappa shape index (κ2) is 7.22. The van der Waals surface area contributed by atoms with Gasteiger partial charge in [-0.3, -0.25) is 23.3 Å². The largest absolute Gasteiger partial charge is 0.332 e. The summed E-state index contributed by atoms with van der Waals surface area (Å²) < 4.78 is 4.29. The Bertz CT molecular complexity index is 1010. The second-order valence-corrected chi connectivity index (χ2v) is 7.13. The average molecular weight is 424 g/mol. The normalized spacial score (nSPS) is 14.5. The van der Waals surface area contributed by atoms with E-state index >= 15 is 0 Å². The van der Waals surface area contributed by atoms with Crippen LogP contribution in [0.5, 0.6) is 0 Å². The number of rotatable bonds is 4. The number of hydrogen-bond acceptors (Lipinski definition) is 4. The zero-order chi connectivity index (χ0) is 19.0. The van der Waals surface area contributed by atoms with Gasteiger partial charge in [-0.05, 0) is 48.5 Å². The molecule has 0 N–H and O–H groups in total. The minimum absolute atomic E-state index is 0.00269. The molecule has 2 aromatic heterocycles. The van der Waals surface area contributed by atoms with Gasteiger partial charge in [0.15, 0.2) is 15.9 Å². The maximum atomic E-state index is 12.9. The number of carbonyl (C=O) groups is 1. The summed E-state index contributed by atoms with van der Waals surface area (Å²) in [4.78, 5) is 43.5. The maximum Gasteiger partial charge on any atom is 0.332 e. The molecule has 0 atom stereocenters. The van der Waals surface area contributed by atoms with Gasteiger partial charge in [-0.1, -0.05) is 6.08 Å². The molecule has 26 heavy (non-hydrogen) atoms. The van der Waals surface area contributed by atoms with Gasteiger partial charge in [-0.25, -0.2) is 9.78 Å². The van der Waals surface area contributed by atoms with Crippen molar-refractivity contribution >= 4 is 33.0 Å². The molecule has 0 saturated carbocycles. The molecule has 1 aliphatic rings. The molecule has 1 aliphatic carbocycles. The maximum absolute atomic E-state index is 12.9. The Morgan fingerprint density at radius 1 is 1.27 bits per heavy atom. The smallest absolute Gasteiger partial charge is 0.315 e. The number of fused-ring (bicyclic) bond motifs is 1. The highest BCUT2D eigenvalue weighted by molar-refractivity contribution is 9.10. The van der Waals surface area contributed by atoms with Crippen LogP contribution in [0.1, 0.15) is 32.6 Å². The van der Waals surface area contributed by atoms with Crippen LogP contribution in [0.3, 0.4) is 0 Å². The first-order valence-corrected chi connectivity index (χ1v) is 9.47. The number of allylic oxidation sites excluding steroid dienone is 2. The lowest BCUT2D eigenvalue weighted by molar-refractivity contribution is -0.129. The van der Waals surface area contributed by atoms with Crippen molar-refractivity contribution in [2.75, 3.05) is 6.54 Å². The predicted octanol–water partition coefficient (Wildman–Crippen LogP) is 1.50. The fourth-order valence-corrected chi connectivity index (χ4v) is 3.90. The molecular weight excluding hydrogens is 402 g/mol. The van der Waals surface area contributed by atoms with E-state index in [-0.39, 0.29) is 18.0 Å². The first-order valence-electron chi connectivity index (χ1n) is 8.68. The molecular formula is C17H22BrN5O3. The molecule has 140 valence electrons. The van der Waals surface area contributed by atoms with Gasteiger partial charge in [0.05, 0.1) is 0 Å². The average Bonchev–Trinajstić information content (AvgIpc) is 2.96. The summed E-state index contributed by atoms with van der Waals surface area (Å²) in [5.74, 6) is -0.0891. The molecule has 0 bridgehead atoms. The van der Waals surface area contributed by atoms with Crippen LogP contribution in [0.2, 0.25) is 0 Å². The van der Waals surface area contributed by atoms with Crippen molar-refractivity contribution < 1.29 is 4.79 Å². The quantitative estimate of drug-likeness (QED) is 0.697. The van der Waals surface area contributed by atoms with Crippen LogP contribution in [0.15, 0.2) is 26.1 Å². The van der Waals surface area contributed by atoms with Gasteiger partial charge in [0.2, 0.25) is 5.91 Å². The molecule has 3 rings (SSSR count). The third-order valence-electron chi connectivity index (χ3n) is 4.82. The summed E-state index contributed by atoms with van der Waals surface area (Å²) in [5.41, 5.74) is 0.624. The van der Waals surface area contributed by atoms with Gasteiger partial charge in [-0.15, -0.1) is 0 Å². The highest BCUT2D eigenvalue weighted by Gasteiger charge is 2.23. The van der Waals surface area contributed by atoms with Crippen molar-refractivity contribution in [3.63, 3.8) is 0 Å². The summed E-state index contributed by atoms with van der Waals surface area (Å²) >= 11 is 3.33. The number of amides is 1. The van der Waals surface area contributed by atoms with Crippen LogP contribution in [0.4, 0.5) is 0 Å². The third kappa shape index (κ3) is 3.04. The van der Waals surface area contributed by atoms with Crippen LogP contribution in [-0.2, 0) is 25.4 Å². The van der Waals surface area contributed by atoms with Gasteiger partial charge in [0.25, 0.3) is 5.56 Å². The van der Waals surface area contributed by atoms with Crippen LogP contribution in [0.25, 0.3) is 11.2 Å². The van der Waals surface area contributed by atoms with Gasteiger partial charge in [0, 0.05) is 26.3 Å². The van der Waals surface area contributed by atoms with Crippen molar-refractivity contribution in [2.45, 2.75) is 39.2 Å². The summed E-state index contributed by atoms with van der Waals surface area (Å²) in [5, 5.41) is 0. The molecule has 0 radical (unpaired) electrons. The zero-order valence-electron chi connectivity index (χ0n) is 15.2. The van der Waals surface area contributed by atoms with Crippen LogP contribution in [0, 0.1) is 0 Å². The van der Waals surface area contributed by atoms with Gasteiger partial charge >= 0.3 is 5.69 Å². The number of carbonyl (C=O) groups excluding carboxylic acids is 1. The number of aromatic nitrogens is 4. The lowest BCUT2D eigenvalue weighted by atomic mass is 10.0. The van der Waals surface area contributed by atoms with E-state index in [9.17, 15) is 14.4 Å². The first-order chi connectivity index (χ1) is 12.4. The van der Waals surface area contributed by atoms with E-state index in [4.69, 9.17) is 0 Å². The highest BCUT2D eigenvalue weighted by Crippen LogP contribution is 2.22. The van der Waals surface area contributed by atoms with Gasteiger partial charge in [0.1, 0.15) is 6.54 Å². The van der Waals surface area contributed by atoms with Crippen molar-refractivity contribution in [2.24, 2.45) is 14.1 Å². The Kier molecular flexibility index (Phi) is 5.17. The van der Waals surface area contributed by atoms with E-state index in [1.807, 2.05) is 6.92 Å². The molecule has 8 nitrogen and oxygen atoms in total. The summed E-state index contributed by atoms with van der Waals surface area (Å²) in [6.07, 6.45) is 6.24. The Morgan fingerprint density at radius 3 is 2.62 bits per heavy atom.